The zero-order valence-electron chi connectivity index (χ0n) is 27.4. The number of esters is 1. The predicted molar refractivity (Wildman–Crippen MR) is 172 cm³/mol. The number of rotatable bonds is 15. The SMILES string of the molecule is CC(C)OC(=O)[C@H](C)N[P@](=O)(OC[C@@]1(F)O[C@@H](C)[C@H](OC(=O)OCc2ccccc2)[C@@H]1OC(=O)OCc1ccccc1)Oc1ccccc1. The second-order valence-corrected chi connectivity index (χ2v) is 13.0. The van der Waals surface area contributed by atoms with Gasteiger partial charge in [-0.3, -0.25) is 9.32 Å². The van der Waals surface area contributed by atoms with Crippen molar-refractivity contribution in [2.24, 2.45) is 0 Å². The summed E-state index contributed by atoms with van der Waals surface area (Å²) in [6.07, 6.45) is -7.78. The van der Waals surface area contributed by atoms with Crippen LogP contribution in [-0.4, -0.2) is 61.2 Å². The Balaban J connectivity index is 1.54. The Morgan fingerprint density at radius 1 is 0.837 bits per heavy atom. The third-order valence-corrected chi connectivity index (χ3v) is 8.50. The molecule has 0 spiro atoms. The molecule has 1 aliphatic rings. The van der Waals surface area contributed by atoms with E-state index in [1.165, 1.54) is 26.0 Å². The summed E-state index contributed by atoms with van der Waals surface area (Å²) >= 11 is 0. The number of benzene rings is 3. The first-order valence-electron chi connectivity index (χ1n) is 15.4. The van der Waals surface area contributed by atoms with Crippen molar-refractivity contribution >= 4 is 26.0 Å². The van der Waals surface area contributed by atoms with E-state index in [-0.39, 0.29) is 19.0 Å². The normalized spacial score (nSPS) is 22.0. The van der Waals surface area contributed by atoms with Gasteiger partial charge in [0.05, 0.1) is 12.2 Å². The highest BCUT2D eigenvalue weighted by Gasteiger charge is 2.61. The quantitative estimate of drug-likeness (QED) is 0.102. The minimum atomic E-state index is -4.59. The summed E-state index contributed by atoms with van der Waals surface area (Å²) in [5.41, 5.74) is 1.28. The lowest BCUT2D eigenvalue weighted by molar-refractivity contribution is -0.194. The van der Waals surface area contributed by atoms with E-state index in [2.05, 4.69) is 5.09 Å². The lowest BCUT2D eigenvalue weighted by Crippen LogP contribution is -2.48. The fraction of sp³-hybridized carbons (Fsp3) is 0.382. The van der Waals surface area contributed by atoms with E-state index in [4.69, 9.17) is 37.5 Å². The lowest BCUT2D eigenvalue weighted by Gasteiger charge is -2.29. The number of alkyl halides is 1. The van der Waals surface area contributed by atoms with E-state index in [9.17, 15) is 18.9 Å². The van der Waals surface area contributed by atoms with Gasteiger partial charge in [0.25, 0.3) is 5.85 Å². The summed E-state index contributed by atoms with van der Waals surface area (Å²) in [6.45, 7) is 4.44. The van der Waals surface area contributed by atoms with E-state index < -0.39 is 68.9 Å². The molecule has 0 amide bonds. The number of ether oxygens (including phenoxy) is 6. The van der Waals surface area contributed by atoms with Gasteiger partial charge in [-0.05, 0) is 51.0 Å². The molecule has 0 bridgehead atoms. The summed E-state index contributed by atoms with van der Waals surface area (Å²) < 4.78 is 73.7. The Hall–Kier alpha value is -4.49. The summed E-state index contributed by atoms with van der Waals surface area (Å²) in [6, 6.07) is 24.0. The molecule has 0 radical (unpaired) electrons. The van der Waals surface area contributed by atoms with Gasteiger partial charge in [-0.1, -0.05) is 78.9 Å². The molecule has 15 heteroatoms. The fourth-order valence-electron chi connectivity index (χ4n) is 4.59. The molecular formula is C34H39FNO12P. The smallest absolute Gasteiger partial charge is 0.462 e. The molecule has 1 heterocycles. The molecule has 1 fully saturated rings. The van der Waals surface area contributed by atoms with Crippen LogP contribution >= 0.6 is 7.75 Å². The zero-order chi connectivity index (χ0) is 35.4. The van der Waals surface area contributed by atoms with Crippen LogP contribution in [0.15, 0.2) is 91.0 Å². The molecule has 49 heavy (non-hydrogen) atoms. The first-order chi connectivity index (χ1) is 23.4. The third kappa shape index (κ3) is 11.3. The van der Waals surface area contributed by atoms with Gasteiger partial charge in [0.15, 0.2) is 6.10 Å². The maximum Gasteiger partial charge on any atom is 0.509 e. The second kappa shape index (κ2) is 17.3. The van der Waals surface area contributed by atoms with E-state index in [0.29, 0.717) is 11.1 Å². The van der Waals surface area contributed by atoms with E-state index >= 15 is 4.39 Å². The molecule has 0 saturated carbocycles. The van der Waals surface area contributed by atoms with Crippen LogP contribution in [-0.2, 0) is 55.5 Å². The molecule has 6 atom stereocenters. The van der Waals surface area contributed by atoms with Crippen LogP contribution < -0.4 is 9.61 Å². The zero-order valence-corrected chi connectivity index (χ0v) is 28.3. The molecule has 1 saturated heterocycles. The van der Waals surface area contributed by atoms with Gasteiger partial charge >= 0.3 is 26.0 Å². The molecule has 3 aromatic carbocycles. The molecule has 1 N–H and O–H groups in total. The van der Waals surface area contributed by atoms with Crippen LogP contribution in [0.5, 0.6) is 5.75 Å². The van der Waals surface area contributed by atoms with Gasteiger partial charge in [-0.15, -0.1) is 0 Å². The number of hydrogen-bond acceptors (Lipinski definition) is 12. The van der Waals surface area contributed by atoms with Crippen LogP contribution in [0.25, 0.3) is 0 Å². The number of halogens is 1. The fourth-order valence-corrected chi connectivity index (χ4v) is 6.09. The van der Waals surface area contributed by atoms with Crippen LogP contribution in [0.1, 0.15) is 38.8 Å². The minimum absolute atomic E-state index is 0.0658. The van der Waals surface area contributed by atoms with E-state index in [1.54, 1.807) is 92.7 Å². The van der Waals surface area contributed by atoms with Crippen molar-refractivity contribution in [1.29, 1.82) is 0 Å². The van der Waals surface area contributed by atoms with Gasteiger partial charge in [0.2, 0.25) is 6.10 Å². The Morgan fingerprint density at radius 2 is 1.35 bits per heavy atom. The van der Waals surface area contributed by atoms with Crippen LogP contribution in [0, 0.1) is 0 Å². The van der Waals surface area contributed by atoms with Gasteiger partial charge in [0, 0.05) is 0 Å². The maximum atomic E-state index is 16.8. The highest BCUT2D eigenvalue weighted by atomic mass is 31.2. The van der Waals surface area contributed by atoms with Crippen molar-refractivity contribution in [1.82, 2.24) is 5.09 Å². The molecule has 0 unspecified atom stereocenters. The summed E-state index contributed by atoms with van der Waals surface area (Å²) in [4.78, 5) is 38.1. The molecule has 13 nitrogen and oxygen atoms in total. The molecular weight excluding hydrogens is 664 g/mol. The van der Waals surface area contributed by atoms with E-state index in [0.717, 1.165) is 0 Å². The maximum absolute atomic E-state index is 16.8. The van der Waals surface area contributed by atoms with Crippen molar-refractivity contribution in [3.63, 3.8) is 0 Å². The molecule has 264 valence electrons. The average molecular weight is 704 g/mol. The molecule has 0 aliphatic carbocycles. The van der Waals surface area contributed by atoms with Crippen molar-refractivity contribution in [2.75, 3.05) is 6.61 Å². The summed E-state index contributed by atoms with van der Waals surface area (Å²) in [7, 11) is -4.59. The standard InChI is InChI=1S/C34H39FNO12P/c1-23(2)44-31(37)24(3)36-49(40,48-28-18-12-7-13-19-28)43-22-34(35)30(46-33(39)42-21-27-16-10-6-11-17-27)29(25(4)47-34)45-32(38)41-20-26-14-8-5-9-15-26/h5-19,23-25,29-30H,20-22H2,1-4H3,(H,36,40)/t24-,25-,29-,30-,34+,49-/m0/s1. The monoisotopic (exact) mass is 703 g/mol. The van der Waals surface area contributed by atoms with Crippen LogP contribution in [0.3, 0.4) is 0 Å². The summed E-state index contributed by atoms with van der Waals surface area (Å²) in [5, 5.41) is 2.45. The number of para-hydroxylation sites is 1. The highest BCUT2D eigenvalue weighted by Crippen LogP contribution is 2.48. The van der Waals surface area contributed by atoms with E-state index in [1.807, 2.05) is 0 Å². The van der Waals surface area contributed by atoms with Crippen molar-refractivity contribution in [3.05, 3.63) is 102 Å². The topological polar surface area (TPSA) is 154 Å². The van der Waals surface area contributed by atoms with Gasteiger partial charge in [-0.2, -0.15) is 5.09 Å². The average Bonchev–Trinajstić information content (AvgIpc) is 3.30. The Kier molecular flexibility index (Phi) is 13.1. The Morgan fingerprint density at radius 3 is 1.88 bits per heavy atom. The molecule has 0 aromatic heterocycles. The Labute approximate surface area is 283 Å². The van der Waals surface area contributed by atoms with Gasteiger partial charge < -0.3 is 32.9 Å². The van der Waals surface area contributed by atoms with Gasteiger partial charge in [-0.25, -0.2) is 18.5 Å². The molecule has 4 rings (SSSR count). The van der Waals surface area contributed by atoms with Gasteiger partial charge in [0.1, 0.15) is 31.6 Å². The van der Waals surface area contributed by atoms with Crippen LogP contribution in [0.4, 0.5) is 14.0 Å². The number of carbonyl (C=O) groups excluding carboxylic acids is 3. The summed E-state index contributed by atoms with van der Waals surface area (Å²) in [5.74, 6) is -3.79. The van der Waals surface area contributed by atoms with Crippen molar-refractivity contribution in [2.45, 2.75) is 77.2 Å². The number of hydrogen-bond donors (Lipinski definition) is 1. The van der Waals surface area contributed by atoms with Crippen molar-refractivity contribution in [3.8, 4) is 5.75 Å². The molecule has 1 aliphatic heterocycles. The van der Waals surface area contributed by atoms with Crippen LogP contribution in [0.2, 0.25) is 0 Å². The lowest BCUT2D eigenvalue weighted by atomic mass is 10.1. The largest absolute Gasteiger partial charge is 0.509 e. The highest BCUT2D eigenvalue weighted by molar-refractivity contribution is 7.52. The molecule has 3 aromatic rings. The number of carbonyl (C=O) groups is 3. The first-order valence-corrected chi connectivity index (χ1v) is 17.0. The minimum Gasteiger partial charge on any atom is -0.462 e. The first kappa shape index (κ1) is 37.3. The predicted octanol–water partition coefficient (Wildman–Crippen LogP) is 6.65. The number of nitrogens with one attached hydrogen (secondary N) is 1. The third-order valence-electron chi connectivity index (χ3n) is 6.88. The van der Waals surface area contributed by atoms with Crippen molar-refractivity contribution < 1.29 is 60.8 Å². The Bertz CT molecular complexity index is 1570. The second-order valence-electron chi connectivity index (χ2n) is 11.3.